The van der Waals surface area contributed by atoms with E-state index in [1.807, 2.05) is 0 Å². The van der Waals surface area contributed by atoms with Crippen molar-refractivity contribution in [3.05, 3.63) is 0 Å². The van der Waals surface area contributed by atoms with E-state index in [0.717, 1.165) is 25.8 Å². The van der Waals surface area contributed by atoms with Gasteiger partial charge in [0.25, 0.3) is 0 Å². The molecule has 0 aliphatic carbocycles. The van der Waals surface area contributed by atoms with Crippen LogP contribution in [0.5, 0.6) is 0 Å². The van der Waals surface area contributed by atoms with E-state index in [9.17, 15) is 0 Å². The Morgan fingerprint density at radius 3 is 2.11 bits per heavy atom. The molecule has 0 aromatic rings. The van der Waals surface area contributed by atoms with Gasteiger partial charge in [0.15, 0.2) is 0 Å². The fraction of sp³-hybridized carbons (Fsp3) is 1.00. The van der Waals surface area contributed by atoms with Gasteiger partial charge in [-0.25, -0.2) is 0 Å². The molecule has 0 bridgehead atoms. The molecular weight excluding hydrogens is 114 g/mol. The Balaban J connectivity index is 2.95. The molecule has 0 heterocycles. The second-order valence-electron chi connectivity index (χ2n) is 2.27. The summed E-state index contributed by atoms with van der Waals surface area (Å²) in [6.45, 7) is 1.42. The first-order valence-electron chi connectivity index (χ1n) is 3.47. The van der Waals surface area contributed by atoms with Gasteiger partial charge < -0.3 is 17.2 Å². The smallest absolute Gasteiger partial charge is 0.00513 e. The Kier molecular flexibility index (Phi) is 5.93. The van der Waals surface area contributed by atoms with Crippen molar-refractivity contribution in [2.24, 2.45) is 17.2 Å². The number of nitrogens with two attached hydrogens (primary N) is 3. The average Bonchev–Trinajstić information content (AvgIpc) is 1.85. The van der Waals surface area contributed by atoms with Crippen LogP contribution in [0.15, 0.2) is 0 Å². The second-order valence-corrected chi connectivity index (χ2v) is 2.27. The maximum Gasteiger partial charge on any atom is 0.00513 e. The van der Waals surface area contributed by atoms with E-state index >= 15 is 0 Å². The van der Waals surface area contributed by atoms with Crippen LogP contribution in [0.2, 0.25) is 0 Å². The molecule has 0 spiro atoms. The van der Waals surface area contributed by atoms with Gasteiger partial charge in [0.1, 0.15) is 0 Å². The summed E-state index contributed by atoms with van der Waals surface area (Å²) in [6, 6.07) is 0.263. The lowest BCUT2D eigenvalue weighted by Crippen LogP contribution is -2.24. The van der Waals surface area contributed by atoms with Crippen molar-refractivity contribution >= 4 is 0 Å². The molecule has 0 aromatic carbocycles. The number of hydrogen-bond donors (Lipinski definition) is 3. The zero-order chi connectivity index (χ0) is 7.11. The zero-order valence-electron chi connectivity index (χ0n) is 5.84. The van der Waals surface area contributed by atoms with Gasteiger partial charge in [-0.1, -0.05) is 0 Å². The minimum absolute atomic E-state index is 0.263. The number of rotatable bonds is 5. The fourth-order valence-corrected chi connectivity index (χ4v) is 0.738. The molecule has 56 valence electrons. The van der Waals surface area contributed by atoms with E-state index in [2.05, 4.69) is 0 Å². The first-order chi connectivity index (χ1) is 4.31. The Hall–Kier alpha value is -0.120. The monoisotopic (exact) mass is 131 g/mol. The summed E-state index contributed by atoms with van der Waals surface area (Å²) in [5.74, 6) is 0. The summed E-state index contributed by atoms with van der Waals surface area (Å²) in [6.07, 6.45) is 2.94. The average molecular weight is 131 g/mol. The second kappa shape index (κ2) is 6.01. The molecule has 0 saturated carbocycles. The lowest BCUT2D eigenvalue weighted by Gasteiger charge is -2.07. The van der Waals surface area contributed by atoms with E-state index in [0.29, 0.717) is 6.54 Å². The largest absolute Gasteiger partial charge is 0.330 e. The Labute approximate surface area is 56.6 Å². The molecule has 0 aromatic heterocycles. The number of hydrogen-bond acceptors (Lipinski definition) is 3. The minimum Gasteiger partial charge on any atom is -0.330 e. The quantitative estimate of drug-likeness (QED) is 0.466. The Morgan fingerprint density at radius 2 is 1.67 bits per heavy atom. The van der Waals surface area contributed by atoms with E-state index in [-0.39, 0.29) is 6.04 Å². The molecule has 0 saturated heterocycles. The van der Waals surface area contributed by atoms with Crippen molar-refractivity contribution in [3.63, 3.8) is 0 Å². The van der Waals surface area contributed by atoms with E-state index in [1.54, 1.807) is 0 Å². The summed E-state index contributed by atoms with van der Waals surface area (Å²) >= 11 is 0. The molecule has 3 heteroatoms. The van der Waals surface area contributed by atoms with Crippen molar-refractivity contribution in [1.82, 2.24) is 0 Å². The van der Waals surface area contributed by atoms with Gasteiger partial charge in [0, 0.05) is 6.04 Å². The van der Waals surface area contributed by atoms with Gasteiger partial charge in [-0.05, 0) is 32.4 Å². The topological polar surface area (TPSA) is 78.1 Å². The molecule has 0 radical (unpaired) electrons. The van der Waals surface area contributed by atoms with Gasteiger partial charge in [-0.3, -0.25) is 0 Å². The highest BCUT2D eigenvalue weighted by molar-refractivity contribution is 4.60. The highest BCUT2D eigenvalue weighted by Gasteiger charge is 1.97. The zero-order valence-corrected chi connectivity index (χ0v) is 5.84. The van der Waals surface area contributed by atoms with Crippen LogP contribution in [0.25, 0.3) is 0 Å². The fourth-order valence-electron chi connectivity index (χ4n) is 0.738. The summed E-state index contributed by atoms with van der Waals surface area (Å²) in [5, 5.41) is 0. The van der Waals surface area contributed by atoms with Crippen molar-refractivity contribution in [3.8, 4) is 0 Å². The molecule has 0 unspecified atom stereocenters. The van der Waals surface area contributed by atoms with E-state index < -0.39 is 0 Å². The van der Waals surface area contributed by atoms with Crippen LogP contribution in [0.3, 0.4) is 0 Å². The molecule has 0 rings (SSSR count). The lowest BCUT2D eigenvalue weighted by molar-refractivity contribution is 0.556. The predicted octanol–water partition coefficient (Wildman–Crippen LogP) is -0.599. The van der Waals surface area contributed by atoms with Crippen molar-refractivity contribution < 1.29 is 0 Å². The summed E-state index contributed by atoms with van der Waals surface area (Å²) in [5.41, 5.74) is 16.2. The maximum atomic E-state index is 5.63. The highest BCUT2D eigenvalue weighted by Crippen LogP contribution is 1.95. The van der Waals surface area contributed by atoms with Gasteiger partial charge in [0.2, 0.25) is 0 Å². The van der Waals surface area contributed by atoms with Crippen LogP contribution in [0.1, 0.15) is 19.3 Å². The third-order valence-corrected chi connectivity index (χ3v) is 1.32. The summed E-state index contributed by atoms with van der Waals surface area (Å²) in [7, 11) is 0. The predicted molar refractivity (Wildman–Crippen MR) is 39.9 cm³/mol. The Morgan fingerprint density at radius 1 is 1.00 bits per heavy atom. The van der Waals surface area contributed by atoms with Crippen molar-refractivity contribution in [2.75, 3.05) is 13.1 Å². The minimum atomic E-state index is 0.263. The highest BCUT2D eigenvalue weighted by atomic mass is 14.7. The summed E-state index contributed by atoms with van der Waals surface area (Å²) in [4.78, 5) is 0. The van der Waals surface area contributed by atoms with Crippen LogP contribution in [-0.2, 0) is 0 Å². The van der Waals surface area contributed by atoms with E-state index in [4.69, 9.17) is 17.2 Å². The van der Waals surface area contributed by atoms with Crippen molar-refractivity contribution in [2.45, 2.75) is 25.3 Å². The Bertz CT molecular complexity index is 56.3. The van der Waals surface area contributed by atoms with Crippen LogP contribution < -0.4 is 17.2 Å². The van der Waals surface area contributed by atoms with Crippen LogP contribution in [-0.4, -0.2) is 19.1 Å². The SMILES string of the molecule is NCCC[C@H](N)CCN. The molecular formula is C6H17N3. The standard InChI is InChI=1S/C6H17N3/c7-4-1-2-6(9)3-5-8/h6H,1-5,7-9H2/t6-/m0/s1. The van der Waals surface area contributed by atoms with E-state index in [1.165, 1.54) is 0 Å². The van der Waals surface area contributed by atoms with Gasteiger partial charge in [-0.15, -0.1) is 0 Å². The van der Waals surface area contributed by atoms with Gasteiger partial charge in [0.05, 0.1) is 0 Å². The van der Waals surface area contributed by atoms with Gasteiger partial charge >= 0.3 is 0 Å². The van der Waals surface area contributed by atoms with Crippen molar-refractivity contribution in [1.29, 1.82) is 0 Å². The molecule has 0 aliphatic rings. The lowest BCUT2D eigenvalue weighted by atomic mass is 10.1. The third kappa shape index (κ3) is 5.76. The van der Waals surface area contributed by atoms with Crippen LogP contribution >= 0.6 is 0 Å². The third-order valence-electron chi connectivity index (χ3n) is 1.32. The normalized spacial score (nSPS) is 13.7. The maximum absolute atomic E-state index is 5.63. The molecule has 0 amide bonds. The first-order valence-corrected chi connectivity index (χ1v) is 3.47. The van der Waals surface area contributed by atoms with Gasteiger partial charge in [-0.2, -0.15) is 0 Å². The molecule has 1 atom stereocenters. The first kappa shape index (κ1) is 8.88. The molecule has 9 heavy (non-hydrogen) atoms. The molecule has 0 fully saturated rings. The molecule has 3 nitrogen and oxygen atoms in total. The molecule has 6 N–H and O–H groups in total. The van der Waals surface area contributed by atoms with Crippen LogP contribution in [0.4, 0.5) is 0 Å². The molecule has 0 aliphatic heterocycles. The van der Waals surface area contributed by atoms with Crippen LogP contribution in [0, 0.1) is 0 Å². The summed E-state index contributed by atoms with van der Waals surface area (Å²) < 4.78 is 0.